The average Bonchev–Trinajstić information content (AvgIpc) is 2.59. The second-order valence-electron chi connectivity index (χ2n) is 7.01. The van der Waals surface area contributed by atoms with Gasteiger partial charge in [-0.15, -0.1) is 0 Å². The summed E-state index contributed by atoms with van der Waals surface area (Å²) in [7, 11) is 0. The molecule has 0 rings (SSSR count). The van der Waals surface area contributed by atoms with Crippen molar-refractivity contribution >= 4 is 35.0 Å². The Morgan fingerprint density at radius 1 is 0.929 bits per heavy atom. The van der Waals surface area contributed by atoms with Crippen molar-refractivity contribution in [2.75, 3.05) is 38.7 Å². The molecule has 0 aromatic heterocycles. The molecule has 2 N–H and O–H groups in total. The fourth-order valence-corrected chi connectivity index (χ4v) is 2.11. The third kappa shape index (κ3) is 16.0. The molecular weight excluding hydrogens is 388 g/mol. The zero-order valence-electron chi connectivity index (χ0n) is 16.9. The minimum absolute atomic E-state index is 0.0704. The molecule has 10 heteroatoms. The lowest BCUT2D eigenvalue weighted by Gasteiger charge is -2.17. The summed E-state index contributed by atoms with van der Waals surface area (Å²) >= 11 is 1.05. The Labute approximate surface area is 169 Å². The van der Waals surface area contributed by atoms with Gasteiger partial charge in [0.05, 0.1) is 6.61 Å². The minimum Gasteiger partial charge on any atom is -0.459 e. The highest BCUT2D eigenvalue weighted by Crippen LogP contribution is 2.12. The van der Waals surface area contributed by atoms with Crippen LogP contribution in [0, 0.1) is 5.41 Å². The molecule has 0 aromatic carbocycles. The Morgan fingerprint density at radius 2 is 1.50 bits per heavy atom. The Hall–Kier alpha value is -2.23. The van der Waals surface area contributed by atoms with Crippen molar-refractivity contribution in [2.45, 2.75) is 34.1 Å². The van der Waals surface area contributed by atoms with Crippen LogP contribution in [0.4, 0.5) is 9.59 Å². The van der Waals surface area contributed by atoms with Gasteiger partial charge in [0.2, 0.25) is 0 Å². The maximum Gasteiger partial charge on any atom is 0.407 e. The first-order valence-corrected chi connectivity index (χ1v) is 9.79. The van der Waals surface area contributed by atoms with E-state index in [1.807, 2.05) is 20.8 Å². The van der Waals surface area contributed by atoms with Gasteiger partial charge in [-0.25, -0.2) is 14.4 Å². The van der Waals surface area contributed by atoms with E-state index in [9.17, 15) is 19.2 Å². The molecule has 0 saturated carbocycles. The van der Waals surface area contributed by atoms with Crippen LogP contribution in [0.5, 0.6) is 0 Å². The molecule has 28 heavy (non-hydrogen) atoms. The van der Waals surface area contributed by atoms with E-state index in [4.69, 9.17) is 14.2 Å². The summed E-state index contributed by atoms with van der Waals surface area (Å²) in [5, 5.41) is 4.86. The zero-order chi connectivity index (χ0) is 21.6. The van der Waals surface area contributed by atoms with Crippen LogP contribution in [0.3, 0.4) is 0 Å². The van der Waals surface area contributed by atoms with E-state index in [0.717, 1.165) is 11.8 Å². The number of ether oxygens (including phenoxy) is 3. The molecule has 0 aliphatic carbocycles. The zero-order valence-corrected chi connectivity index (χ0v) is 17.7. The number of thioether (sulfide) groups is 1. The van der Waals surface area contributed by atoms with Crippen LogP contribution in [-0.4, -0.2) is 61.9 Å². The van der Waals surface area contributed by atoms with Crippen molar-refractivity contribution in [3.8, 4) is 0 Å². The fraction of sp³-hybridized carbons (Fsp3) is 0.667. The average molecular weight is 419 g/mol. The van der Waals surface area contributed by atoms with Gasteiger partial charge in [-0.2, -0.15) is 0 Å². The Bertz CT molecular complexity index is 559. The van der Waals surface area contributed by atoms with Gasteiger partial charge in [-0.1, -0.05) is 39.1 Å². The Kier molecular flexibility index (Phi) is 12.8. The maximum atomic E-state index is 11.7. The molecular formula is C18H30N2O7S. The molecule has 0 bridgehead atoms. The number of esters is 1. The normalized spacial score (nSPS) is 10.6. The summed E-state index contributed by atoms with van der Waals surface area (Å²) in [4.78, 5) is 45.6. The van der Waals surface area contributed by atoms with Crippen LogP contribution in [0.2, 0.25) is 0 Å². The van der Waals surface area contributed by atoms with E-state index in [2.05, 4.69) is 17.2 Å². The van der Waals surface area contributed by atoms with Crippen molar-refractivity contribution in [1.82, 2.24) is 10.6 Å². The number of hydrogen-bond donors (Lipinski definition) is 2. The molecule has 0 heterocycles. The molecule has 160 valence electrons. The number of carbonyl (C=O) groups is 4. The molecule has 0 spiro atoms. The van der Waals surface area contributed by atoms with Gasteiger partial charge in [-0.05, 0) is 12.3 Å². The molecule has 0 aliphatic rings. The van der Waals surface area contributed by atoms with Gasteiger partial charge in [0.15, 0.2) is 5.12 Å². The monoisotopic (exact) mass is 418 g/mol. The van der Waals surface area contributed by atoms with E-state index in [-0.39, 0.29) is 42.3 Å². The van der Waals surface area contributed by atoms with Gasteiger partial charge >= 0.3 is 18.2 Å². The summed E-state index contributed by atoms with van der Waals surface area (Å²) in [5.41, 5.74) is 0.156. The second kappa shape index (κ2) is 13.9. The summed E-state index contributed by atoms with van der Waals surface area (Å²) in [6.07, 6.45) is -1.09. The number of carbonyl (C=O) groups excluding carboxylic acids is 4. The lowest BCUT2D eigenvalue weighted by Crippen LogP contribution is -2.30. The smallest absolute Gasteiger partial charge is 0.407 e. The minimum atomic E-state index is -0.701. The molecule has 9 nitrogen and oxygen atoms in total. The lowest BCUT2D eigenvalue weighted by atomic mass is 9.99. The molecule has 0 aliphatic heterocycles. The molecule has 0 aromatic rings. The first-order valence-electron chi connectivity index (χ1n) is 8.81. The third-order valence-electron chi connectivity index (χ3n) is 2.77. The number of rotatable bonds is 11. The van der Waals surface area contributed by atoms with Crippen LogP contribution in [-0.2, 0) is 23.8 Å². The molecule has 0 atom stereocenters. The Morgan fingerprint density at radius 3 is 2.11 bits per heavy atom. The van der Waals surface area contributed by atoms with E-state index in [0.29, 0.717) is 18.9 Å². The van der Waals surface area contributed by atoms with Crippen LogP contribution in [0.15, 0.2) is 12.2 Å². The van der Waals surface area contributed by atoms with Gasteiger partial charge in [0.1, 0.15) is 13.2 Å². The SMILES string of the molecule is C=C(C)C(=O)OCCOC(=O)NCCC(=O)SCCNC(=O)OCC(C)(C)C. The van der Waals surface area contributed by atoms with Crippen LogP contribution < -0.4 is 10.6 Å². The van der Waals surface area contributed by atoms with Crippen LogP contribution in [0.1, 0.15) is 34.1 Å². The quantitative estimate of drug-likeness (QED) is 0.227. The summed E-state index contributed by atoms with van der Waals surface area (Å²) < 4.78 is 14.6. The van der Waals surface area contributed by atoms with E-state index in [1.54, 1.807) is 0 Å². The summed E-state index contributed by atoms with van der Waals surface area (Å²) in [5.74, 6) is -0.147. The number of alkyl carbamates (subject to hydrolysis) is 2. The van der Waals surface area contributed by atoms with Crippen molar-refractivity contribution in [3.63, 3.8) is 0 Å². The largest absolute Gasteiger partial charge is 0.459 e. The topological polar surface area (TPSA) is 120 Å². The molecule has 0 saturated heterocycles. The lowest BCUT2D eigenvalue weighted by molar-refractivity contribution is -0.139. The molecule has 0 fully saturated rings. The highest BCUT2D eigenvalue weighted by Gasteiger charge is 2.13. The summed E-state index contributed by atoms with van der Waals surface area (Å²) in [6, 6.07) is 0. The van der Waals surface area contributed by atoms with Crippen LogP contribution >= 0.6 is 11.8 Å². The van der Waals surface area contributed by atoms with Crippen molar-refractivity contribution in [2.24, 2.45) is 5.41 Å². The second-order valence-corrected chi connectivity index (χ2v) is 8.17. The highest BCUT2D eigenvalue weighted by molar-refractivity contribution is 8.13. The number of amides is 2. The van der Waals surface area contributed by atoms with Gasteiger partial charge in [-0.3, -0.25) is 4.79 Å². The fourth-order valence-electron chi connectivity index (χ4n) is 1.43. The maximum absolute atomic E-state index is 11.7. The third-order valence-corrected chi connectivity index (χ3v) is 3.70. The standard InChI is InChI=1S/C18H30N2O7S/c1-13(2)15(22)25-9-10-26-16(23)19-7-6-14(21)28-11-8-20-17(24)27-12-18(3,4)5/h1,6-12H2,2-5H3,(H,19,23)(H,20,24). The van der Waals surface area contributed by atoms with E-state index >= 15 is 0 Å². The van der Waals surface area contributed by atoms with Crippen molar-refractivity contribution in [3.05, 3.63) is 12.2 Å². The number of hydrogen-bond acceptors (Lipinski definition) is 8. The van der Waals surface area contributed by atoms with Gasteiger partial charge < -0.3 is 24.8 Å². The van der Waals surface area contributed by atoms with Gasteiger partial charge in [0, 0.05) is 30.8 Å². The predicted molar refractivity (Wildman–Crippen MR) is 106 cm³/mol. The van der Waals surface area contributed by atoms with Crippen molar-refractivity contribution < 1.29 is 33.4 Å². The highest BCUT2D eigenvalue weighted by atomic mass is 32.2. The molecule has 0 unspecified atom stereocenters. The van der Waals surface area contributed by atoms with Gasteiger partial charge in [0.25, 0.3) is 0 Å². The predicted octanol–water partition coefficient (Wildman–Crippen LogP) is 2.25. The van der Waals surface area contributed by atoms with E-state index < -0.39 is 18.2 Å². The molecule has 0 radical (unpaired) electrons. The van der Waals surface area contributed by atoms with E-state index in [1.165, 1.54) is 6.92 Å². The van der Waals surface area contributed by atoms with Crippen LogP contribution in [0.25, 0.3) is 0 Å². The molecule has 2 amide bonds. The Balaban J connectivity index is 3.63. The first-order chi connectivity index (χ1) is 13.0. The van der Waals surface area contributed by atoms with Crippen molar-refractivity contribution in [1.29, 1.82) is 0 Å². The number of nitrogens with one attached hydrogen (secondary N) is 2. The first kappa shape index (κ1) is 25.8. The summed E-state index contributed by atoms with van der Waals surface area (Å²) in [6.45, 7) is 11.4.